The maximum atomic E-state index is 12.7. The van der Waals surface area contributed by atoms with Gasteiger partial charge in [0.05, 0.1) is 16.8 Å². The average molecular weight is 283 g/mol. The highest BCUT2D eigenvalue weighted by Gasteiger charge is 2.31. The number of hydrogen-bond donors (Lipinski definition) is 1. The van der Waals surface area contributed by atoms with Crippen LogP contribution in [0.4, 0.5) is 19.1 Å². The molecule has 3 rings (SSSR count). The van der Waals surface area contributed by atoms with Crippen LogP contribution in [0.15, 0.2) is 18.2 Å². The molecular formula is C13H12F3N3O. The van der Waals surface area contributed by atoms with Gasteiger partial charge in [0.15, 0.2) is 0 Å². The minimum Gasteiger partial charge on any atom is -0.372 e. The van der Waals surface area contributed by atoms with E-state index >= 15 is 0 Å². The molecule has 0 amide bonds. The molecule has 1 unspecified atom stereocenters. The zero-order valence-corrected chi connectivity index (χ0v) is 10.4. The number of nitrogen functional groups attached to an aromatic ring is 1. The minimum atomic E-state index is -4.40. The van der Waals surface area contributed by atoms with Gasteiger partial charge in [-0.1, -0.05) is 6.07 Å². The Morgan fingerprint density at radius 3 is 2.70 bits per heavy atom. The van der Waals surface area contributed by atoms with Crippen LogP contribution >= 0.6 is 0 Å². The summed E-state index contributed by atoms with van der Waals surface area (Å²) < 4.78 is 43.7. The van der Waals surface area contributed by atoms with Gasteiger partial charge in [-0.05, 0) is 25.0 Å². The van der Waals surface area contributed by atoms with Gasteiger partial charge in [-0.25, -0.2) is 9.97 Å². The zero-order valence-electron chi connectivity index (χ0n) is 10.4. The summed E-state index contributed by atoms with van der Waals surface area (Å²) in [5, 5.41) is 0.555. The predicted molar refractivity (Wildman–Crippen MR) is 66.9 cm³/mol. The third-order valence-corrected chi connectivity index (χ3v) is 3.31. The van der Waals surface area contributed by atoms with Crippen molar-refractivity contribution >= 4 is 16.9 Å². The lowest BCUT2D eigenvalue weighted by molar-refractivity contribution is -0.137. The Kier molecular flexibility index (Phi) is 3.01. The summed E-state index contributed by atoms with van der Waals surface area (Å²) in [7, 11) is 0. The fraction of sp³-hybridized carbons (Fsp3) is 0.385. The van der Waals surface area contributed by atoms with Crippen LogP contribution in [-0.2, 0) is 10.9 Å². The van der Waals surface area contributed by atoms with Gasteiger partial charge >= 0.3 is 6.18 Å². The van der Waals surface area contributed by atoms with E-state index in [1.165, 1.54) is 6.07 Å². The summed E-state index contributed by atoms with van der Waals surface area (Å²) in [5.41, 5.74) is 5.60. The Morgan fingerprint density at radius 2 is 2.05 bits per heavy atom. The Balaban J connectivity index is 2.17. The van der Waals surface area contributed by atoms with Crippen LogP contribution in [0.1, 0.15) is 30.2 Å². The SMILES string of the molecule is Nc1nc(C2CCCO2)c2ccc(C(F)(F)F)cc2n1. The van der Waals surface area contributed by atoms with E-state index in [1.54, 1.807) is 0 Å². The molecule has 1 atom stereocenters. The Labute approximate surface area is 112 Å². The molecule has 1 fully saturated rings. The highest BCUT2D eigenvalue weighted by atomic mass is 19.4. The molecule has 0 saturated carbocycles. The Morgan fingerprint density at radius 1 is 1.25 bits per heavy atom. The lowest BCUT2D eigenvalue weighted by Gasteiger charge is -2.13. The van der Waals surface area contributed by atoms with Crippen molar-refractivity contribution in [1.82, 2.24) is 9.97 Å². The molecule has 0 aliphatic carbocycles. The van der Waals surface area contributed by atoms with E-state index in [1.807, 2.05) is 0 Å². The first kappa shape index (κ1) is 13.1. The van der Waals surface area contributed by atoms with E-state index in [0.29, 0.717) is 17.7 Å². The molecule has 4 nitrogen and oxygen atoms in total. The third kappa shape index (κ3) is 2.29. The standard InChI is InChI=1S/C13H12F3N3O/c14-13(15,16)7-3-4-8-9(6-7)18-12(17)19-11(8)10-2-1-5-20-10/h3-4,6,10H,1-2,5H2,(H2,17,18,19). The van der Waals surface area contributed by atoms with Crippen molar-refractivity contribution in [3.63, 3.8) is 0 Å². The summed E-state index contributed by atoms with van der Waals surface area (Å²) in [6, 6.07) is 3.40. The van der Waals surface area contributed by atoms with Crippen LogP contribution in [0.3, 0.4) is 0 Å². The largest absolute Gasteiger partial charge is 0.416 e. The second kappa shape index (κ2) is 4.59. The smallest absolute Gasteiger partial charge is 0.372 e. The van der Waals surface area contributed by atoms with Gasteiger partial charge in [-0.2, -0.15) is 13.2 Å². The summed E-state index contributed by atoms with van der Waals surface area (Å²) in [4.78, 5) is 8.03. The number of anilines is 1. The Bertz CT molecular complexity index is 651. The summed E-state index contributed by atoms with van der Waals surface area (Å²) >= 11 is 0. The van der Waals surface area contributed by atoms with Crippen LogP contribution in [0, 0.1) is 0 Å². The summed E-state index contributed by atoms with van der Waals surface area (Å²) in [6.45, 7) is 0.622. The molecular weight excluding hydrogens is 271 g/mol. The number of aromatic nitrogens is 2. The molecule has 20 heavy (non-hydrogen) atoms. The van der Waals surface area contributed by atoms with E-state index < -0.39 is 11.7 Å². The molecule has 2 heterocycles. The maximum Gasteiger partial charge on any atom is 0.416 e. The number of nitrogens with two attached hydrogens (primary N) is 1. The predicted octanol–water partition coefficient (Wildman–Crippen LogP) is 3.08. The molecule has 2 aromatic rings. The average Bonchev–Trinajstić information content (AvgIpc) is 2.89. The van der Waals surface area contributed by atoms with Gasteiger partial charge in [0.2, 0.25) is 5.95 Å². The van der Waals surface area contributed by atoms with Gasteiger partial charge < -0.3 is 10.5 Å². The Hall–Kier alpha value is -1.89. The molecule has 1 aliphatic rings. The number of hydrogen-bond acceptors (Lipinski definition) is 4. The first-order chi connectivity index (χ1) is 9.45. The van der Waals surface area contributed by atoms with Crippen molar-refractivity contribution in [3.05, 3.63) is 29.5 Å². The fourth-order valence-corrected chi connectivity index (χ4v) is 2.39. The molecule has 1 aromatic carbocycles. The number of benzene rings is 1. The normalized spacial score (nSPS) is 19.6. The molecule has 7 heteroatoms. The monoisotopic (exact) mass is 283 g/mol. The van der Waals surface area contributed by atoms with Crippen molar-refractivity contribution in [1.29, 1.82) is 0 Å². The maximum absolute atomic E-state index is 12.7. The summed E-state index contributed by atoms with van der Waals surface area (Å²) in [6.07, 6.45) is -2.94. The van der Waals surface area contributed by atoms with Crippen LogP contribution < -0.4 is 5.73 Å². The fourth-order valence-electron chi connectivity index (χ4n) is 2.39. The lowest BCUT2D eigenvalue weighted by atomic mass is 10.1. The number of alkyl halides is 3. The van der Waals surface area contributed by atoms with E-state index in [0.717, 1.165) is 25.0 Å². The van der Waals surface area contributed by atoms with Gasteiger partial charge in [-0.3, -0.25) is 0 Å². The first-order valence-electron chi connectivity index (χ1n) is 6.21. The molecule has 1 aromatic heterocycles. The molecule has 1 saturated heterocycles. The van der Waals surface area contributed by atoms with Crippen LogP contribution in [0.5, 0.6) is 0 Å². The number of halogens is 3. The molecule has 2 N–H and O–H groups in total. The highest BCUT2D eigenvalue weighted by Crippen LogP contribution is 2.35. The number of rotatable bonds is 1. The number of fused-ring (bicyclic) bond motifs is 1. The highest BCUT2D eigenvalue weighted by molar-refractivity contribution is 5.83. The van der Waals surface area contributed by atoms with E-state index in [9.17, 15) is 13.2 Å². The molecule has 0 radical (unpaired) electrons. The van der Waals surface area contributed by atoms with Crippen LogP contribution in [0.2, 0.25) is 0 Å². The minimum absolute atomic E-state index is 0.0395. The topological polar surface area (TPSA) is 61.0 Å². The van der Waals surface area contributed by atoms with Crippen molar-refractivity contribution < 1.29 is 17.9 Å². The molecule has 0 spiro atoms. The van der Waals surface area contributed by atoms with Crippen molar-refractivity contribution in [3.8, 4) is 0 Å². The van der Waals surface area contributed by atoms with Crippen molar-refractivity contribution in [2.45, 2.75) is 25.1 Å². The van der Waals surface area contributed by atoms with Gasteiger partial charge in [0, 0.05) is 12.0 Å². The number of nitrogens with zero attached hydrogens (tertiary/aromatic N) is 2. The second-order valence-electron chi connectivity index (χ2n) is 4.70. The van der Waals surface area contributed by atoms with E-state index in [-0.39, 0.29) is 17.6 Å². The number of ether oxygens (including phenoxy) is 1. The molecule has 106 valence electrons. The second-order valence-corrected chi connectivity index (χ2v) is 4.70. The van der Waals surface area contributed by atoms with Crippen LogP contribution in [-0.4, -0.2) is 16.6 Å². The van der Waals surface area contributed by atoms with Gasteiger partial charge in [0.1, 0.15) is 6.10 Å². The van der Waals surface area contributed by atoms with Crippen LogP contribution in [0.25, 0.3) is 10.9 Å². The quantitative estimate of drug-likeness (QED) is 0.873. The molecule has 1 aliphatic heterocycles. The van der Waals surface area contributed by atoms with Crippen molar-refractivity contribution in [2.75, 3.05) is 12.3 Å². The lowest BCUT2D eigenvalue weighted by Crippen LogP contribution is -2.08. The third-order valence-electron chi connectivity index (χ3n) is 3.31. The van der Waals surface area contributed by atoms with E-state index in [2.05, 4.69) is 9.97 Å². The van der Waals surface area contributed by atoms with Crippen molar-refractivity contribution in [2.24, 2.45) is 0 Å². The first-order valence-corrected chi connectivity index (χ1v) is 6.21. The zero-order chi connectivity index (χ0) is 14.3. The molecule has 0 bridgehead atoms. The van der Waals surface area contributed by atoms with E-state index in [4.69, 9.17) is 10.5 Å². The van der Waals surface area contributed by atoms with Gasteiger partial charge in [-0.15, -0.1) is 0 Å². The van der Waals surface area contributed by atoms with Gasteiger partial charge in [0.25, 0.3) is 0 Å². The summed E-state index contributed by atoms with van der Waals surface area (Å²) in [5.74, 6) is -0.0395.